The van der Waals surface area contributed by atoms with E-state index in [0.717, 1.165) is 0 Å². The molecule has 0 radical (unpaired) electrons. The first-order chi connectivity index (χ1) is 11.6. The van der Waals surface area contributed by atoms with E-state index < -0.39 is 67.1 Å². The van der Waals surface area contributed by atoms with Crippen molar-refractivity contribution in [3.8, 4) is 0 Å². The zero-order valence-corrected chi connectivity index (χ0v) is 14.2. The van der Waals surface area contributed by atoms with E-state index in [1.807, 2.05) is 0 Å². The van der Waals surface area contributed by atoms with Gasteiger partial charge in [0.15, 0.2) is 6.23 Å². The van der Waals surface area contributed by atoms with Gasteiger partial charge < -0.3 is 41.1 Å². The Morgan fingerprint density at radius 1 is 0.960 bits per heavy atom. The van der Waals surface area contributed by atoms with Crippen LogP contribution in [0, 0.1) is 0 Å². The molecule has 0 saturated carbocycles. The number of nitrogens with one attached hydrogen (secondary N) is 3. The third-order valence-electron chi connectivity index (χ3n) is 3.74. The van der Waals surface area contributed by atoms with Gasteiger partial charge in [0.25, 0.3) is 0 Å². The highest BCUT2D eigenvalue weighted by Gasteiger charge is 2.44. The molecular formula is C14H25N3O8. The molecule has 1 aliphatic rings. The molecule has 11 heteroatoms. The van der Waals surface area contributed by atoms with E-state index in [0.29, 0.717) is 0 Å². The van der Waals surface area contributed by atoms with E-state index in [1.165, 1.54) is 20.8 Å². The van der Waals surface area contributed by atoms with Gasteiger partial charge in [-0.15, -0.1) is 0 Å². The number of carbonyl (C=O) groups excluding carboxylic acids is 3. The van der Waals surface area contributed by atoms with Crippen LogP contribution in [0.25, 0.3) is 0 Å². The van der Waals surface area contributed by atoms with E-state index in [-0.39, 0.29) is 0 Å². The zero-order chi connectivity index (χ0) is 19.3. The lowest BCUT2D eigenvalue weighted by Crippen LogP contribution is -2.64. The second-order valence-electron chi connectivity index (χ2n) is 5.91. The van der Waals surface area contributed by atoms with Crippen molar-refractivity contribution in [3.63, 3.8) is 0 Å². The van der Waals surface area contributed by atoms with Gasteiger partial charge in [0, 0.05) is 6.92 Å². The summed E-state index contributed by atoms with van der Waals surface area (Å²) in [6.45, 7) is 3.44. The molecular weight excluding hydrogens is 338 g/mol. The fraction of sp³-hybridized carbons (Fsp3) is 0.786. The first kappa shape index (κ1) is 21.3. The van der Waals surface area contributed by atoms with Gasteiger partial charge in [-0.3, -0.25) is 14.4 Å². The highest BCUT2D eigenvalue weighted by molar-refractivity contribution is 5.91. The molecule has 7 unspecified atom stereocenters. The lowest BCUT2D eigenvalue weighted by Gasteiger charge is -2.40. The fourth-order valence-corrected chi connectivity index (χ4v) is 2.26. The Hall–Kier alpha value is -1.79. The van der Waals surface area contributed by atoms with Crippen molar-refractivity contribution in [2.45, 2.75) is 63.5 Å². The average molecular weight is 363 g/mol. The van der Waals surface area contributed by atoms with Crippen molar-refractivity contribution in [2.24, 2.45) is 0 Å². The van der Waals surface area contributed by atoms with Crippen LogP contribution in [0.4, 0.5) is 0 Å². The normalized spacial score (nSPS) is 31.6. The summed E-state index contributed by atoms with van der Waals surface area (Å²) in [5, 5.41) is 45.3. The van der Waals surface area contributed by atoms with Gasteiger partial charge in [-0.1, -0.05) is 0 Å². The summed E-state index contributed by atoms with van der Waals surface area (Å²) in [7, 11) is 0. The minimum atomic E-state index is -1.62. The Kier molecular flexibility index (Phi) is 7.70. The summed E-state index contributed by atoms with van der Waals surface area (Å²) in [5.74, 6) is -1.72. The zero-order valence-electron chi connectivity index (χ0n) is 14.2. The van der Waals surface area contributed by atoms with Gasteiger partial charge in [0.1, 0.15) is 36.5 Å². The van der Waals surface area contributed by atoms with Gasteiger partial charge in [0.05, 0.1) is 6.61 Å². The molecule has 1 rings (SSSR count). The van der Waals surface area contributed by atoms with E-state index in [1.54, 1.807) is 0 Å². The molecule has 11 nitrogen and oxygen atoms in total. The van der Waals surface area contributed by atoms with Crippen molar-refractivity contribution in [1.82, 2.24) is 16.0 Å². The highest BCUT2D eigenvalue weighted by atomic mass is 16.6. The molecule has 7 N–H and O–H groups in total. The van der Waals surface area contributed by atoms with Crippen LogP contribution in [0.2, 0.25) is 0 Å². The molecule has 0 bridgehead atoms. The van der Waals surface area contributed by atoms with E-state index in [9.17, 15) is 29.7 Å². The summed E-state index contributed by atoms with van der Waals surface area (Å²) in [6, 6.07) is -1.88. The first-order valence-electron chi connectivity index (χ1n) is 7.76. The summed E-state index contributed by atoms with van der Waals surface area (Å²) in [4.78, 5) is 34.9. The van der Waals surface area contributed by atoms with Crippen molar-refractivity contribution in [1.29, 1.82) is 0 Å². The van der Waals surface area contributed by atoms with E-state index >= 15 is 0 Å². The molecule has 144 valence electrons. The van der Waals surface area contributed by atoms with E-state index in [4.69, 9.17) is 9.84 Å². The number of ether oxygens (including phenoxy) is 1. The maximum atomic E-state index is 12.1. The average Bonchev–Trinajstić information content (AvgIpc) is 2.54. The number of amides is 3. The van der Waals surface area contributed by atoms with Crippen LogP contribution in [0.15, 0.2) is 0 Å². The van der Waals surface area contributed by atoms with Gasteiger partial charge in [-0.2, -0.15) is 0 Å². The van der Waals surface area contributed by atoms with Crippen molar-refractivity contribution in [3.05, 3.63) is 0 Å². The van der Waals surface area contributed by atoms with Gasteiger partial charge >= 0.3 is 0 Å². The molecule has 1 aliphatic heterocycles. The lowest BCUT2D eigenvalue weighted by atomic mass is 9.98. The number of rotatable bonds is 6. The summed E-state index contributed by atoms with van der Waals surface area (Å²) >= 11 is 0. The Balaban J connectivity index is 2.62. The summed E-state index contributed by atoms with van der Waals surface area (Å²) < 4.78 is 5.14. The smallest absolute Gasteiger partial charge is 0.244 e. The maximum absolute atomic E-state index is 12.1. The van der Waals surface area contributed by atoms with Crippen LogP contribution in [-0.4, -0.2) is 87.5 Å². The summed E-state index contributed by atoms with van der Waals surface area (Å²) in [5.41, 5.74) is 0. The third-order valence-corrected chi connectivity index (χ3v) is 3.74. The topological polar surface area (TPSA) is 177 Å². The molecule has 0 aromatic carbocycles. The van der Waals surface area contributed by atoms with Crippen LogP contribution < -0.4 is 16.0 Å². The number of aliphatic hydroxyl groups is 4. The fourth-order valence-electron chi connectivity index (χ4n) is 2.26. The Morgan fingerprint density at radius 2 is 1.52 bits per heavy atom. The van der Waals surface area contributed by atoms with Crippen LogP contribution in [0.1, 0.15) is 20.8 Å². The lowest BCUT2D eigenvalue weighted by molar-refractivity contribution is -0.236. The van der Waals surface area contributed by atoms with E-state index in [2.05, 4.69) is 16.0 Å². The van der Waals surface area contributed by atoms with Crippen LogP contribution in [0.3, 0.4) is 0 Å². The third kappa shape index (κ3) is 5.61. The quantitative estimate of drug-likeness (QED) is 0.249. The number of hydrogen-bond acceptors (Lipinski definition) is 8. The largest absolute Gasteiger partial charge is 0.394 e. The summed E-state index contributed by atoms with van der Waals surface area (Å²) in [6.07, 6.45) is -7.32. The SMILES string of the molecule is CC(=O)NC(C)C(=O)NC(C)C(=O)NC1OC(CO)C(O)C(O)C1O. The Labute approximate surface area is 144 Å². The minimum Gasteiger partial charge on any atom is -0.394 e. The van der Waals surface area contributed by atoms with Crippen molar-refractivity contribution >= 4 is 17.7 Å². The second kappa shape index (κ2) is 9.06. The first-order valence-corrected chi connectivity index (χ1v) is 7.76. The molecule has 0 spiro atoms. The molecule has 3 amide bonds. The van der Waals surface area contributed by atoms with Crippen molar-refractivity contribution < 1.29 is 39.5 Å². The standard InChI is InChI=1S/C14H25N3O8/c1-5(15-7(3)19)12(23)16-6(2)13(24)17-14-11(22)10(21)9(20)8(4-18)25-14/h5-6,8-11,14,18,20-22H,4H2,1-3H3,(H,15,19)(H,16,23)(H,17,24). The Bertz CT molecular complexity index is 500. The van der Waals surface area contributed by atoms with Gasteiger partial charge in [0.2, 0.25) is 17.7 Å². The van der Waals surface area contributed by atoms with Crippen LogP contribution in [0.5, 0.6) is 0 Å². The monoisotopic (exact) mass is 363 g/mol. The molecule has 0 aliphatic carbocycles. The minimum absolute atomic E-state index is 0.402. The van der Waals surface area contributed by atoms with Crippen LogP contribution >= 0.6 is 0 Å². The predicted molar refractivity (Wildman–Crippen MR) is 82.8 cm³/mol. The van der Waals surface area contributed by atoms with Crippen molar-refractivity contribution in [2.75, 3.05) is 6.61 Å². The highest BCUT2D eigenvalue weighted by Crippen LogP contribution is 2.19. The van der Waals surface area contributed by atoms with Gasteiger partial charge in [-0.05, 0) is 13.8 Å². The molecule has 1 heterocycles. The molecule has 0 aromatic rings. The molecule has 1 fully saturated rings. The van der Waals surface area contributed by atoms with Gasteiger partial charge in [-0.25, -0.2) is 0 Å². The predicted octanol–water partition coefficient (Wildman–Crippen LogP) is -4.07. The molecule has 25 heavy (non-hydrogen) atoms. The van der Waals surface area contributed by atoms with Crippen LogP contribution in [-0.2, 0) is 19.1 Å². The maximum Gasteiger partial charge on any atom is 0.244 e. The molecule has 0 aromatic heterocycles. The Morgan fingerprint density at radius 3 is 2.04 bits per heavy atom. The number of aliphatic hydroxyl groups excluding tert-OH is 4. The molecule has 1 saturated heterocycles. The second-order valence-corrected chi connectivity index (χ2v) is 5.91. The number of hydrogen-bond donors (Lipinski definition) is 7. The number of carbonyl (C=O) groups is 3. The molecule has 7 atom stereocenters.